The molecule has 1 N–H and O–H groups in total. The van der Waals surface area contributed by atoms with Crippen LogP contribution in [-0.2, 0) is 17.3 Å². The average Bonchev–Trinajstić information content (AvgIpc) is 2.95. The number of alkyl halides is 5. The van der Waals surface area contributed by atoms with Gasteiger partial charge in [-0.1, -0.05) is 12.8 Å². The minimum absolute atomic E-state index is 0.0265. The Balaban J connectivity index is 1.73. The van der Waals surface area contributed by atoms with Crippen molar-refractivity contribution in [2.45, 2.75) is 68.4 Å². The first kappa shape index (κ1) is 17.7. The summed E-state index contributed by atoms with van der Waals surface area (Å²) in [6.07, 6.45) is -2.20. The fraction of sp³-hybridized carbons (Fsp3) is 0.765. The lowest BCUT2D eigenvalue weighted by Crippen LogP contribution is -2.49. The van der Waals surface area contributed by atoms with E-state index in [0.717, 1.165) is 19.3 Å². The molecule has 1 aromatic rings. The van der Waals surface area contributed by atoms with Crippen LogP contribution in [0.5, 0.6) is 0 Å². The predicted octanol–water partition coefficient (Wildman–Crippen LogP) is 4.27. The van der Waals surface area contributed by atoms with Gasteiger partial charge in [-0.3, -0.25) is 9.48 Å². The molecule has 3 aliphatic carbocycles. The lowest BCUT2D eigenvalue weighted by atomic mass is 9.63. The van der Waals surface area contributed by atoms with Crippen LogP contribution in [0.2, 0.25) is 0 Å². The number of carbonyl (C=O) groups is 1. The van der Waals surface area contributed by atoms with Crippen LogP contribution < -0.4 is 5.32 Å². The summed E-state index contributed by atoms with van der Waals surface area (Å²) in [6, 6.07) is 0. The summed E-state index contributed by atoms with van der Waals surface area (Å²) < 4.78 is 69.0. The van der Waals surface area contributed by atoms with Crippen LogP contribution >= 0.6 is 0 Å². The molecule has 4 rings (SSSR count). The lowest BCUT2D eigenvalue weighted by Gasteiger charge is -2.43. The monoisotopic (exact) mass is 377 g/mol. The summed E-state index contributed by atoms with van der Waals surface area (Å²) >= 11 is 0. The van der Waals surface area contributed by atoms with E-state index < -0.39 is 35.8 Å². The molecule has 3 saturated carbocycles. The summed E-state index contributed by atoms with van der Waals surface area (Å²) in [7, 11) is 1.45. The van der Waals surface area contributed by atoms with Crippen molar-refractivity contribution in [3.63, 3.8) is 0 Å². The molecule has 9 heteroatoms. The topological polar surface area (TPSA) is 46.9 Å². The summed E-state index contributed by atoms with van der Waals surface area (Å²) in [4.78, 5) is 12.1. The molecule has 0 bridgehead atoms. The van der Waals surface area contributed by atoms with E-state index in [1.54, 1.807) is 0 Å². The third-order valence-electron chi connectivity index (χ3n) is 6.18. The molecular weight excluding hydrogens is 357 g/mol. The number of aryl methyl sites for hydroxylation is 1. The van der Waals surface area contributed by atoms with Crippen molar-refractivity contribution in [1.29, 1.82) is 0 Å². The molecule has 144 valence electrons. The maximum Gasteiger partial charge on any atom is 0.400 e. The highest BCUT2D eigenvalue weighted by atomic mass is 19.4. The van der Waals surface area contributed by atoms with E-state index in [1.807, 2.05) is 0 Å². The van der Waals surface area contributed by atoms with Gasteiger partial charge in [0.1, 0.15) is 17.2 Å². The summed E-state index contributed by atoms with van der Waals surface area (Å²) in [5.41, 5.74) is -1.61. The van der Waals surface area contributed by atoms with Crippen LogP contribution in [0.1, 0.15) is 62.1 Å². The van der Waals surface area contributed by atoms with Gasteiger partial charge in [0.2, 0.25) is 5.91 Å². The smallest absolute Gasteiger partial charge is 0.310 e. The number of anilines is 1. The van der Waals surface area contributed by atoms with E-state index in [-0.39, 0.29) is 30.3 Å². The zero-order valence-electron chi connectivity index (χ0n) is 14.3. The molecular formula is C17H20F5N3O. The molecule has 1 amide bonds. The number of aromatic nitrogens is 2. The highest BCUT2D eigenvalue weighted by Crippen LogP contribution is 2.58. The van der Waals surface area contributed by atoms with Crippen molar-refractivity contribution < 1.29 is 26.7 Å². The van der Waals surface area contributed by atoms with Crippen LogP contribution in [0.4, 0.5) is 27.8 Å². The van der Waals surface area contributed by atoms with Gasteiger partial charge < -0.3 is 5.32 Å². The molecule has 26 heavy (non-hydrogen) atoms. The standard InChI is InChI=1S/C17H20F5N3O/c1-25-13(23-14(26)10-8-16(10,18)19)11(9-4-2-5-9)12(24-25)15(6-3-7-15)17(20,21)22/h9-10H,2-8H2,1H3,(H,23,26)/t10-/m1/s1. The molecule has 3 fully saturated rings. The van der Waals surface area contributed by atoms with E-state index in [2.05, 4.69) is 10.4 Å². The van der Waals surface area contributed by atoms with E-state index >= 15 is 0 Å². The van der Waals surface area contributed by atoms with Gasteiger partial charge in [-0.05, 0) is 31.6 Å². The van der Waals surface area contributed by atoms with Gasteiger partial charge in [0.25, 0.3) is 5.92 Å². The number of halogens is 5. The number of amides is 1. The maximum atomic E-state index is 13.8. The van der Waals surface area contributed by atoms with Gasteiger partial charge >= 0.3 is 6.18 Å². The van der Waals surface area contributed by atoms with Crippen molar-refractivity contribution in [3.05, 3.63) is 11.3 Å². The zero-order valence-corrected chi connectivity index (χ0v) is 14.3. The molecule has 0 aliphatic heterocycles. The first-order chi connectivity index (χ1) is 12.1. The van der Waals surface area contributed by atoms with Crippen LogP contribution in [0, 0.1) is 5.92 Å². The number of nitrogens with one attached hydrogen (secondary N) is 1. The SMILES string of the molecule is Cn1nc(C2(C(F)(F)F)CCC2)c(C2CCC2)c1NC(=O)[C@H]1CC1(F)F. The van der Waals surface area contributed by atoms with E-state index in [9.17, 15) is 26.7 Å². The molecule has 0 aromatic carbocycles. The Morgan fingerprint density at radius 3 is 2.23 bits per heavy atom. The van der Waals surface area contributed by atoms with Crippen LogP contribution in [-0.4, -0.2) is 27.8 Å². The maximum absolute atomic E-state index is 13.8. The molecule has 3 aliphatic rings. The number of rotatable bonds is 4. The van der Waals surface area contributed by atoms with Crippen molar-refractivity contribution in [1.82, 2.24) is 9.78 Å². The molecule has 0 radical (unpaired) electrons. The summed E-state index contributed by atoms with van der Waals surface area (Å²) in [5.74, 6) is -5.25. The third kappa shape index (κ3) is 2.45. The second-order valence-electron chi connectivity index (χ2n) is 7.80. The minimum Gasteiger partial charge on any atom is -0.310 e. The van der Waals surface area contributed by atoms with E-state index in [0.29, 0.717) is 12.0 Å². The Kier molecular flexibility index (Phi) is 3.70. The van der Waals surface area contributed by atoms with Gasteiger partial charge in [0.05, 0.1) is 5.69 Å². The van der Waals surface area contributed by atoms with Gasteiger partial charge in [-0.25, -0.2) is 8.78 Å². The number of nitrogens with zero attached hydrogens (tertiary/aromatic N) is 2. The average molecular weight is 377 g/mol. The summed E-state index contributed by atoms with van der Waals surface area (Å²) in [5, 5.41) is 6.59. The fourth-order valence-electron chi connectivity index (χ4n) is 4.01. The molecule has 4 nitrogen and oxygen atoms in total. The predicted molar refractivity (Wildman–Crippen MR) is 83.1 cm³/mol. The number of carbonyl (C=O) groups excluding carboxylic acids is 1. The Hall–Kier alpha value is -1.67. The summed E-state index contributed by atoms with van der Waals surface area (Å²) in [6.45, 7) is 0. The Bertz CT molecular complexity index is 746. The molecule has 0 unspecified atom stereocenters. The largest absolute Gasteiger partial charge is 0.400 e. The molecule has 0 spiro atoms. The van der Waals surface area contributed by atoms with Gasteiger partial charge in [0, 0.05) is 19.0 Å². The highest BCUT2D eigenvalue weighted by Gasteiger charge is 2.63. The molecule has 0 saturated heterocycles. The van der Waals surface area contributed by atoms with E-state index in [4.69, 9.17) is 0 Å². The first-order valence-corrected chi connectivity index (χ1v) is 8.89. The lowest BCUT2D eigenvalue weighted by molar-refractivity contribution is -0.214. The second-order valence-corrected chi connectivity index (χ2v) is 7.80. The Morgan fingerprint density at radius 1 is 1.23 bits per heavy atom. The van der Waals surface area contributed by atoms with Gasteiger partial charge in [0.15, 0.2) is 0 Å². The van der Waals surface area contributed by atoms with E-state index in [1.165, 1.54) is 11.7 Å². The zero-order chi connectivity index (χ0) is 18.9. The molecule has 1 atom stereocenters. The fourth-order valence-corrected chi connectivity index (χ4v) is 4.01. The normalized spacial score (nSPS) is 26.8. The number of hydrogen-bond donors (Lipinski definition) is 1. The van der Waals surface area contributed by atoms with Crippen molar-refractivity contribution in [3.8, 4) is 0 Å². The van der Waals surface area contributed by atoms with Crippen LogP contribution in [0.25, 0.3) is 0 Å². The van der Waals surface area contributed by atoms with Gasteiger partial charge in [-0.2, -0.15) is 18.3 Å². The van der Waals surface area contributed by atoms with Crippen molar-refractivity contribution >= 4 is 11.7 Å². The minimum atomic E-state index is -4.43. The first-order valence-electron chi connectivity index (χ1n) is 8.89. The molecule has 1 aromatic heterocycles. The van der Waals surface area contributed by atoms with Crippen molar-refractivity contribution in [2.75, 3.05) is 5.32 Å². The van der Waals surface area contributed by atoms with Crippen LogP contribution in [0.3, 0.4) is 0 Å². The molecule has 1 heterocycles. The Morgan fingerprint density at radius 2 is 1.85 bits per heavy atom. The highest BCUT2D eigenvalue weighted by molar-refractivity contribution is 5.95. The third-order valence-corrected chi connectivity index (χ3v) is 6.18. The Labute approximate surface area is 147 Å². The van der Waals surface area contributed by atoms with Crippen LogP contribution in [0.15, 0.2) is 0 Å². The second kappa shape index (κ2) is 5.42. The van der Waals surface area contributed by atoms with Crippen molar-refractivity contribution in [2.24, 2.45) is 13.0 Å². The quantitative estimate of drug-likeness (QED) is 0.797. The van der Waals surface area contributed by atoms with Gasteiger partial charge in [-0.15, -0.1) is 0 Å². The number of hydrogen-bond acceptors (Lipinski definition) is 2.